The number of pyridine rings is 1. The van der Waals surface area contributed by atoms with Crippen molar-refractivity contribution in [2.24, 2.45) is 0 Å². The lowest BCUT2D eigenvalue weighted by atomic mass is 10.2. The second kappa shape index (κ2) is 10.0. The highest BCUT2D eigenvalue weighted by Crippen LogP contribution is 2.23. The zero-order chi connectivity index (χ0) is 25.0. The average Bonchev–Trinajstić information content (AvgIpc) is 3.19. The number of carbonyl (C=O) groups excluding carboxylic acids is 1. The number of aryl methyl sites for hydroxylation is 1. The summed E-state index contributed by atoms with van der Waals surface area (Å²) in [4.78, 5) is 17.2. The van der Waals surface area contributed by atoms with Gasteiger partial charge >= 0.3 is 6.36 Å². The summed E-state index contributed by atoms with van der Waals surface area (Å²) in [7, 11) is 0. The number of carbonyl (C=O) groups is 1. The van der Waals surface area contributed by atoms with Crippen LogP contribution in [-0.2, 0) is 19.6 Å². The molecule has 0 saturated heterocycles. The van der Waals surface area contributed by atoms with E-state index < -0.39 is 12.2 Å². The quantitative estimate of drug-likeness (QED) is 0.336. The van der Waals surface area contributed by atoms with Gasteiger partial charge in [0.15, 0.2) is 0 Å². The van der Waals surface area contributed by atoms with Crippen molar-refractivity contribution >= 4 is 11.6 Å². The van der Waals surface area contributed by atoms with Crippen molar-refractivity contribution in [3.8, 4) is 11.5 Å². The van der Waals surface area contributed by atoms with Crippen LogP contribution in [0.4, 0.5) is 17.6 Å². The third-order valence-corrected chi connectivity index (χ3v) is 5.14. The van der Waals surface area contributed by atoms with Gasteiger partial charge < -0.3 is 14.8 Å². The van der Waals surface area contributed by atoms with E-state index in [0.29, 0.717) is 34.8 Å². The fourth-order valence-electron chi connectivity index (χ4n) is 3.48. The number of benzene rings is 2. The minimum absolute atomic E-state index is 0.160. The van der Waals surface area contributed by atoms with Gasteiger partial charge in [-0.05, 0) is 53.9 Å². The number of fused-ring (bicyclic) bond motifs is 1. The second-order valence-corrected chi connectivity index (χ2v) is 7.64. The average molecular weight is 487 g/mol. The number of nitrogens with zero attached hydrogens (tertiary/aromatic N) is 2. The van der Waals surface area contributed by atoms with E-state index in [1.165, 1.54) is 47.0 Å². The monoisotopic (exact) mass is 487 g/mol. The number of amides is 1. The summed E-state index contributed by atoms with van der Waals surface area (Å²) in [6, 6.07) is 15.3. The first-order valence-electron chi connectivity index (χ1n) is 10.7. The van der Waals surface area contributed by atoms with Crippen LogP contribution in [-0.4, -0.2) is 21.7 Å². The number of rotatable bonds is 8. The standard InChI is InChI=1S/C25H21F4N3O3/c1-2-21-23(32-14-18(26)7-12-22(32)31-21)24(33)30-13-16-3-8-19(9-4-16)34-15-17-5-10-20(11-6-17)35-25(27,28)29/h3-12,14H,2,13,15H2,1H3,(H,30,33). The van der Waals surface area contributed by atoms with Crippen LogP contribution in [0, 0.1) is 5.82 Å². The summed E-state index contributed by atoms with van der Waals surface area (Å²) in [5, 5.41) is 2.83. The van der Waals surface area contributed by atoms with Gasteiger partial charge in [0.05, 0.1) is 5.69 Å². The van der Waals surface area contributed by atoms with E-state index in [1.807, 2.05) is 6.92 Å². The van der Waals surface area contributed by atoms with Gasteiger partial charge in [-0.1, -0.05) is 31.2 Å². The van der Waals surface area contributed by atoms with Crippen molar-refractivity contribution in [1.29, 1.82) is 0 Å². The van der Waals surface area contributed by atoms with Gasteiger partial charge in [-0.2, -0.15) is 0 Å². The Bertz CT molecular complexity index is 1320. The molecule has 0 unspecified atom stereocenters. The van der Waals surface area contributed by atoms with Crippen LogP contribution in [0.25, 0.3) is 5.65 Å². The van der Waals surface area contributed by atoms with Crippen LogP contribution in [0.3, 0.4) is 0 Å². The Hall–Kier alpha value is -4.08. The fourth-order valence-corrected chi connectivity index (χ4v) is 3.48. The predicted molar refractivity (Wildman–Crippen MR) is 120 cm³/mol. The molecule has 1 amide bonds. The SMILES string of the molecule is CCc1nc2ccc(F)cn2c1C(=O)NCc1ccc(OCc2ccc(OC(F)(F)F)cc2)cc1. The first-order chi connectivity index (χ1) is 16.7. The van der Waals surface area contributed by atoms with Crippen LogP contribution in [0.1, 0.15) is 34.2 Å². The first kappa shape index (κ1) is 24.1. The Morgan fingerprint density at radius 1 is 0.971 bits per heavy atom. The van der Waals surface area contributed by atoms with E-state index in [9.17, 15) is 22.4 Å². The summed E-state index contributed by atoms with van der Waals surface area (Å²) in [6.45, 7) is 2.27. The van der Waals surface area contributed by atoms with Crippen molar-refractivity contribution in [2.75, 3.05) is 0 Å². The lowest BCUT2D eigenvalue weighted by Gasteiger charge is -2.11. The fraction of sp³-hybridized carbons (Fsp3) is 0.200. The number of hydrogen-bond donors (Lipinski definition) is 1. The van der Waals surface area contributed by atoms with E-state index in [0.717, 1.165) is 5.56 Å². The number of aromatic nitrogens is 2. The van der Waals surface area contributed by atoms with E-state index >= 15 is 0 Å². The molecule has 1 N–H and O–H groups in total. The van der Waals surface area contributed by atoms with Gasteiger partial charge in [0.25, 0.3) is 5.91 Å². The third-order valence-electron chi connectivity index (χ3n) is 5.14. The summed E-state index contributed by atoms with van der Waals surface area (Å²) in [5.41, 5.74) is 2.87. The van der Waals surface area contributed by atoms with Crippen LogP contribution in [0.2, 0.25) is 0 Å². The molecule has 4 aromatic rings. The zero-order valence-corrected chi connectivity index (χ0v) is 18.6. The summed E-state index contributed by atoms with van der Waals surface area (Å²) in [6.07, 6.45) is -2.97. The molecule has 0 atom stereocenters. The van der Waals surface area contributed by atoms with E-state index in [1.54, 1.807) is 24.3 Å². The molecule has 0 fully saturated rings. The number of ether oxygens (including phenoxy) is 2. The summed E-state index contributed by atoms with van der Waals surface area (Å²) in [5.74, 6) is -0.569. The van der Waals surface area contributed by atoms with Crippen molar-refractivity contribution in [2.45, 2.75) is 32.9 Å². The lowest BCUT2D eigenvalue weighted by molar-refractivity contribution is -0.274. The molecule has 4 rings (SSSR count). The van der Waals surface area contributed by atoms with E-state index in [-0.39, 0.29) is 24.8 Å². The van der Waals surface area contributed by atoms with Crippen LogP contribution in [0.15, 0.2) is 66.9 Å². The van der Waals surface area contributed by atoms with Crippen molar-refractivity contribution in [3.05, 3.63) is 95.2 Å². The maximum absolute atomic E-state index is 13.7. The molecule has 0 aliphatic rings. The molecule has 0 spiro atoms. The van der Waals surface area contributed by atoms with Gasteiger partial charge in [-0.15, -0.1) is 13.2 Å². The lowest BCUT2D eigenvalue weighted by Crippen LogP contribution is -2.25. The molecule has 0 aliphatic heterocycles. The predicted octanol–water partition coefficient (Wildman–Crippen LogP) is 5.44. The van der Waals surface area contributed by atoms with Crippen molar-refractivity contribution in [3.63, 3.8) is 0 Å². The molecule has 0 saturated carbocycles. The molecule has 2 heterocycles. The normalized spacial score (nSPS) is 11.5. The Balaban J connectivity index is 1.33. The third kappa shape index (κ3) is 6.08. The smallest absolute Gasteiger partial charge is 0.489 e. The largest absolute Gasteiger partial charge is 0.573 e. The molecule has 2 aromatic heterocycles. The molecule has 35 heavy (non-hydrogen) atoms. The molecule has 182 valence electrons. The molecule has 6 nitrogen and oxygen atoms in total. The summed E-state index contributed by atoms with van der Waals surface area (Å²) >= 11 is 0. The minimum Gasteiger partial charge on any atom is -0.489 e. The number of alkyl halides is 3. The van der Waals surface area contributed by atoms with Crippen molar-refractivity contribution < 1.29 is 31.8 Å². The number of hydrogen-bond acceptors (Lipinski definition) is 4. The van der Waals surface area contributed by atoms with Gasteiger partial charge in [-0.25, -0.2) is 9.37 Å². The van der Waals surface area contributed by atoms with Gasteiger partial charge in [0.1, 0.15) is 35.3 Å². The second-order valence-electron chi connectivity index (χ2n) is 7.64. The molecule has 0 bridgehead atoms. The van der Waals surface area contributed by atoms with Gasteiger partial charge in [0, 0.05) is 12.7 Å². The molecule has 0 radical (unpaired) electrons. The van der Waals surface area contributed by atoms with Crippen LogP contribution < -0.4 is 14.8 Å². The van der Waals surface area contributed by atoms with E-state index in [4.69, 9.17) is 4.74 Å². The molecule has 0 aliphatic carbocycles. The van der Waals surface area contributed by atoms with Gasteiger partial charge in [-0.3, -0.25) is 9.20 Å². The Kier molecular flexibility index (Phi) is 6.90. The number of nitrogens with one attached hydrogen (secondary N) is 1. The zero-order valence-electron chi connectivity index (χ0n) is 18.6. The number of halogens is 4. The summed E-state index contributed by atoms with van der Waals surface area (Å²) < 4.78 is 61.4. The minimum atomic E-state index is -4.73. The highest BCUT2D eigenvalue weighted by molar-refractivity contribution is 5.94. The van der Waals surface area contributed by atoms with Crippen LogP contribution >= 0.6 is 0 Å². The maximum atomic E-state index is 13.7. The Morgan fingerprint density at radius 2 is 1.63 bits per heavy atom. The Labute approximate surface area is 198 Å². The van der Waals surface area contributed by atoms with Crippen molar-refractivity contribution in [1.82, 2.24) is 14.7 Å². The molecule has 10 heteroatoms. The maximum Gasteiger partial charge on any atom is 0.573 e. The number of imidazole rings is 1. The van der Waals surface area contributed by atoms with E-state index in [2.05, 4.69) is 15.0 Å². The topological polar surface area (TPSA) is 64.9 Å². The molecule has 2 aromatic carbocycles. The Morgan fingerprint density at radius 3 is 2.29 bits per heavy atom. The van der Waals surface area contributed by atoms with Crippen LogP contribution in [0.5, 0.6) is 11.5 Å². The molecular formula is C25H21F4N3O3. The van der Waals surface area contributed by atoms with Gasteiger partial charge in [0.2, 0.25) is 0 Å². The first-order valence-corrected chi connectivity index (χ1v) is 10.7. The molecular weight excluding hydrogens is 466 g/mol. The highest BCUT2D eigenvalue weighted by atomic mass is 19.4. The highest BCUT2D eigenvalue weighted by Gasteiger charge is 2.30.